The first-order chi connectivity index (χ1) is 9.10. The minimum absolute atomic E-state index is 0.171. The summed E-state index contributed by atoms with van der Waals surface area (Å²) in [7, 11) is 0.146. The number of nitrogens with two attached hydrogens (primary N) is 1. The van der Waals surface area contributed by atoms with Crippen molar-refractivity contribution in [1.29, 1.82) is 0 Å². The van der Waals surface area contributed by atoms with Crippen molar-refractivity contribution in [2.75, 3.05) is 12.8 Å². The lowest BCUT2D eigenvalue weighted by Crippen LogP contribution is -2.00. The number of hydrogen-bond acceptors (Lipinski definition) is 3. The summed E-state index contributed by atoms with van der Waals surface area (Å²) in [4.78, 5) is 0.171. The summed E-state index contributed by atoms with van der Waals surface area (Å²) >= 11 is 0. The van der Waals surface area contributed by atoms with E-state index >= 15 is 0 Å². The van der Waals surface area contributed by atoms with Crippen molar-refractivity contribution >= 4 is 16.5 Å². The van der Waals surface area contributed by atoms with Gasteiger partial charge >= 0.3 is 0 Å². The van der Waals surface area contributed by atoms with Crippen LogP contribution in [0.3, 0.4) is 0 Å². The zero-order chi connectivity index (χ0) is 13.8. The van der Waals surface area contributed by atoms with Gasteiger partial charge in [-0.3, -0.25) is 4.21 Å². The first-order valence-electron chi connectivity index (χ1n) is 5.66. The Bertz CT molecular complexity index is 599. The highest BCUT2D eigenvalue weighted by molar-refractivity contribution is 7.84. The van der Waals surface area contributed by atoms with Gasteiger partial charge in [0.1, 0.15) is 11.6 Å². The third-order valence-electron chi connectivity index (χ3n) is 2.66. The maximum Gasteiger partial charge on any atom is 0.141 e. The molecular formula is C14H14FNO2S. The molecule has 0 fully saturated rings. The van der Waals surface area contributed by atoms with Crippen molar-refractivity contribution in [2.45, 2.75) is 10.6 Å². The fraction of sp³-hybridized carbons (Fsp3) is 0.143. The molecule has 19 heavy (non-hydrogen) atoms. The first kappa shape index (κ1) is 13.5. The lowest BCUT2D eigenvalue weighted by atomic mass is 10.2. The number of nitrogen functional groups attached to an aromatic ring is 1. The average molecular weight is 279 g/mol. The Balaban J connectivity index is 2.15. The van der Waals surface area contributed by atoms with Crippen LogP contribution in [0.1, 0.15) is 5.56 Å². The number of hydrogen-bond donors (Lipinski definition) is 1. The Morgan fingerprint density at radius 1 is 1.21 bits per heavy atom. The van der Waals surface area contributed by atoms with E-state index in [9.17, 15) is 8.60 Å². The molecule has 1 unspecified atom stereocenters. The van der Waals surface area contributed by atoms with Crippen LogP contribution in [0.5, 0.6) is 5.75 Å². The summed E-state index contributed by atoms with van der Waals surface area (Å²) in [6.45, 7) is 0. The summed E-state index contributed by atoms with van der Waals surface area (Å²) in [6, 6.07) is 11.4. The lowest BCUT2D eigenvalue weighted by Gasteiger charge is -2.06. The molecule has 0 aromatic heterocycles. The number of halogens is 1. The summed E-state index contributed by atoms with van der Waals surface area (Å²) in [5.41, 5.74) is 6.64. The Labute approximate surface area is 113 Å². The molecular weight excluding hydrogens is 265 g/mol. The predicted octanol–water partition coefficient (Wildman–Crippen LogP) is 2.72. The lowest BCUT2D eigenvalue weighted by molar-refractivity contribution is 0.414. The van der Waals surface area contributed by atoms with Gasteiger partial charge < -0.3 is 10.5 Å². The summed E-state index contributed by atoms with van der Waals surface area (Å²) in [6.07, 6.45) is 0. The first-order valence-corrected chi connectivity index (χ1v) is 6.98. The van der Waals surface area contributed by atoms with E-state index in [1.165, 1.54) is 12.1 Å². The third-order valence-corrected chi connectivity index (χ3v) is 4.08. The molecule has 2 N–H and O–H groups in total. The minimum Gasteiger partial charge on any atom is -0.497 e. The maximum atomic E-state index is 13.6. The normalized spacial score (nSPS) is 12.1. The monoisotopic (exact) mass is 279 g/mol. The van der Waals surface area contributed by atoms with Gasteiger partial charge in [-0.05, 0) is 35.9 Å². The van der Waals surface area contributed by atoms with E-state index in [2.05, 4.69) is 0 Å². The summed E-state index contributed by atoms with van der Waals surface area (Å²) in [5, 5.41) is 0. The molecule has 0 radical (unpaired) electrons. The van der Waals surface area contributed by atoms with Crippen LogP contribution in [0.2, 0.25) is 0 Å². The smallest absolute Gasteiger partial charge is 0.141 e. The number of anilines is 1. The van der Waals surface area contributed by atoms with E-state index in [0.29, 0.717) is 5.69 Å². The fourth-order valence-electron chi connectivity index (χ4n) is 1.65. The van der Waals surface area contributed by atoms with Crippen molar-refractivity contribution in [3.05, 3.63) is 53.8 Å². The molecule has 2 aromatic carbocycles. The van der Waals surface area contributed by atoms with Crippen LogP contribution in [0.4, 0.5) is 10.1 Å². The molecule has 0 saturated carbocycles. The molecule has 3 nitrogen and oxygen atoms in total. The molecule has 2 rings (SSSR count). The number of methoxy groups -OCH3 is 1. The molecule has 0 aliphatic rings. The van der Waals surface area contributed by atoms with Crippen LogP contribution < -0.4 is 10.5 Å². The SMILES string of the molecule is COc1ccc(CS(=O)c2ccc(N)cc2F)cc1. The third kappa shape index (κ3) is 3.32. The number of benzene rings is 2. The largest absolute Gasteiger partial charge is 0.497 e. The van der Waals surface area contributed by atoms with Crippen molar-refractivity contribution in [2.24, 2.45) is 0 Å². The molecule has 0 spiro atoms. The number of ether oxygens (including phenoxy) is 1. The van der Waals surface area contributed by atoms with Gasteiger partial charge in [0.2, 0.25) is 0 Å². The Kier molecular flexibility index (Phi) is 4.16. The highest BCUT2D eigenvalue weighted by atomic mass is 32.2. The van der Waals surface area contributed by atoms with Crippen LogP contribution >= 0.6 is 0 Å². The van der Waals surface area contributed by atoms with E-state index in [4.69, 9.17) is 10.5 Å². The van der Waals surface area contributed by atoms with Crippen LogP contribution in [0.25, 0.3) is 0 Å². The van der Waals surface area contributed by atoms with Gasteiger partial charge in [0, 0.05) is 5.69 Å². The Morgan fingerprint density at radius 2 is 1.89 bits per heavy atom. The van der Waals surface area contributed by atoms with Gasteiger partial charge in [-0.2, -0.15) is 0 Å². The second kappa shape index (κ2) is 5.84. The van der Waals surface area contributed by atoms with Crippen LogP contribution in [0, 0.1) is 5.82 Å². The summed E-state index contributed by atoms with van der Waals surface area (Å²) < 4.78 is 30.8. The molecule has 0 aliphatic heterocycles. The van der Waals surface area contributed by atoms with E-state index in [-0.39, 0.29) is 10.6 Å². The topological polar surface area (TPSA) is 52.3 Å². The van der Waals surface area contributed by atoms with Crippen molar-refractivity contribution < 1.29 is 13.3 Å². The van der Waals surface area contributed by atoms with E-state index in [1.807, 2.05) is 12.1 Å². The molecule has 0 bridgehead atoms. The second-order valence-electron chi connectivity index (χ2n) is 4.03. The quantitative estimate of drug-likeness (QED) is 0.875. The van der Waals surface area contributed by atoms with Gasteiger partial charge in [0.05, 0.1) is 28.6 Å². The van der Waals surface area contributed by atoms with Crippen LogP contribution in [-0.2, 0) is 16.6 Å². The van der Waals surface area contributed by atoms with Gasteiger partial charge in [-0.15, -0.1) is 0 Å². The zero-order valence-electron chi connectivity index (χ0n) is 10.4. The molecule has 0 aliphatic carbocycles. The van der Waals surface area contributed by atoms with Crippen molar-refractivity contribution in [1.82, 2.24) is 0 Å². The molecule has 100 valence electrons. The molecule has 0 heterocycles. The molecule has 5 heteroatoms. The van der Waals surface area contributed by atoms with Crippen molar-refractivity contribution in [3.63, 3.8) is 0 Å². The summed E-state index contributed by atoms with van der Waals surface area (Å²) in [5.74, 6) is 0.449. The Morgan fingerprint density at radius 3 is 2.47 bits per heavy atom. The molecule has 0 amide bonds. The minimum atomic E-state index is -1.43. The Hall–Kier alpha value is -1.88. The fourth-order valence-corrected chi connectivity index (χ4v) is 2.80. The zero-order valence-corrected chi connectivity index (χ0v) is 11.2. The van der Waals surface area contributed by atoms with Gasteiger partial charge in [-0.1, -0.05) is 12.1 Å². The van der Waals surface area contributed by atoms with Crippen molar-refractivity contribution in [3.8, 4) is 5.75 Å². The highest BCUT2D eigenvalue weighted by Crippen LogP contribution is 2.19. The van der Waals surface area contributed by atoms with E-state index in [0.717, 1.165) is 11.3 Å². The highest BCUT2D eigenvalue weighted by Gasteiger charge is 2.11. The standard InChI is InChI=1S/C14H14FNO2S/c1-18-12-5-2-10(3-6-12)9-19(17)14-7-4-11(16)8-13(14)15/h2-8H,9,16H2,1H3. The molecule has 1 atom stereocenters. The van der Waals surface area contributed by atoms with Gasteiger partial charge in [-0.25, -0.2) is 4.39 Å². The van der Waals surface area contributed by atoms with Gasteiger partial charge in [0.25, 0.3) is 0 Å². The molecule has 2 aromatic rings. The number of rotatable bonds is 4. The van der Waals surface area contributed by atoms with Gasteiger partial charge in [0.15, 0.2) is 0 Å². The molecule has 0 saturated heterocycles. The predicted molar refractivity (Wildman–Crippen MR) is 73.9 cm³/mol. The maximum absolute atomic E-state index is 13.6. The second-order valence-corrected chi connectivity index (χ2v) is 5.45. The van der Waals surface area contributed by atoms with Crippen LogP contribution in [-0.4, -0.2) is 11.3 Å². The average Bonchev–Trinajstić information content (AvgIpc) is 2.39. The van der Waals surface area contributed by atoms with E-state index < -0.39 is 16.6 Å². The van der Waals surface area contributed by atoms with E-state index in [1.54, 1.807) is 25.3 Å². The van der Waals surface area contributed by atoms with Crippen LogP contribution in [0.15, 0.2) is 47.4 Å².